The minimum Gasteiger partial charge on any atom is -0.394 e. The molecular weight excluding hydrogens is 314 g/mol. The van der Waals surface area contributed by atoms with E-state index in [1.54, 1.807) is 6.20 Å². The van der Waals surface area contributed by atoms with Gasteiger partial charge < -0.3 is 15.7 Å². The van der Waals surface area contributed by atoms with Crippen molar-refractivity contribution in [3.05, 3.63) is 54.4 Å². The van der Waals surface area contributed by atoms with Crippen LogP contribution in [0.1, 0.15) is 45.2 Å². The molecule has 25 heavy (non-hydrogen) atoms. The van der Waals surface area contributed by atoms with Crippen molar-refractivity contribution in [3.8, 4) is 11.1 Å². The molecule has 5 nitrogen and oxygen atoms in total. The average Bonchev–Trinajstić information content (AvgIpc) is 2.62. The van der Waals surface area contributed by atoms with Crippen molar-refractivity contribution in [2.24, 2.45) is 0 Å². The quantitative estimate of drug-likeness (QED) is 0.719. The van der Waals surface area contributed by atoms with Crippen LogP contribution in [0.15, 0.2) is 48.8 Å². The first-order valence-electron chi connectivity index (χ1n) is 8.67. The highest BCUT2D eigenvalue weighted by Gasteiger charge is 2.25. The molecule has 5 heteroatoms. The number of carbonyl (C=O) groups is 1. The van der Waals surface area contributed by atoms with Crippen LogP contribution >= 0.6 is 0 Å². The molecule has 2 amide bonds. The first-order chi connectivity index (χ1) is 12.0. The highest BCUT2D eigenvalue weighted by Crippen LogP contribution is 2.21. The number of hydrogen-bond acceptors (Lipinski definition) is 3. The maximum absolute atomic E-state index is 12.2. The number of rotatable bonds is 7. The van der Waals surface area contributed by atoms with Crippen molar-refractivity contribution in [1.82, 2.24) is 15.6 Å². The Morgan fingerprint density at radius 2 is 1.96 bits per heavy atom. The van der Waals surface area contributed by atoms with Crippen molar-refractivity contribution in [3.63, 3.8) is 0 Å². The summed E-state index contributed by atoms with van der Waals surface area (Å²) in [4.78, 5) is 16.4. The molecule has 2 aromatic rings. The average molecular weight is 341 g/mol. The Hall–Kier alpha value is -2.40. The van der Waals surface area contributed by atoms with Crippen molar-refractivity contribution in [2.75, 3.05) is 6.61 Å². The SMILES string of the molecule is CCCC(C)(CO)NC(=O)NC(C)c1ccc(-c2cccnc2)cc1. The minimum atomic E-state index is -0.595. The molecule has 0 saturated carbocycles. The van der Waals surface area contributed by atoms with E-state index in [2.05, 4.69) is 15.6 Å². The van der Waals surface area contributed by atoms with Crippen LogP contribution < -0.4 is 10.6 Å². The van der Waals surface area contributed by atoms with E-state index >= 15 is 0 Å². The van der Waals surface area contributed by atoms with Gasteiger partial charge in [0, 0.05) is 12.4 Å². The van der Waals surface area contributed by atoms with E-state index in [0.717, 1.165) is 29.5 Å². The molecule has 0 radical (unpaired) electrons. The summed E-state index contributed by atoms with van der Waals surface area (Å²) in [6, 6.07) is 11.6. The van der Waals surface area contributed by atoms with Crippen LogP contribution in [0.4, 0.5) is 4.79 Å². The first kappa shape index (κ1) is 18.9. The second-order valence-electron chi connectivity index (χ2n) is 6.65. The maximum Gasteiger partial charge on any atom is 0.315 e. The first-order valence-corrected chi connectivity index (χ1v) is 8.67. The fourth-order valence-electron chi connectivity index (χ4n) is 2.82. The highest BCUT2D eigenvalue weighted by atomic mass is 16.3. The van der Waals surface area contributed by atoms with Gasteiger partial charge in [-0.1, -0.05) is 43.7 Å². The van der Waals surface area contributed by atoms with Gasteiger partial charge in [0.2, 0.25) is 0 Å². The monoisotopic (exact) mass is 341 g/mol. The van der Waals surface area contributed by atoms with E-state index in [4.69, 9.17) is 0 Å². The number of amides is 2. The molecule has 0 aliphatic rings. The zero-order chi connectivity index (χ0) is 18.3. The number of carbonyl (C=O) groups excluding carboxylic acids is 1. The van der Waals surface area contributed by atoms with Crippen molar-refractivity contribution in [2.45, 2.75) is 45.2 Å². The Morgan fingerprint density at radius 1 is 1.24 bits per heavy atom. The lowest BCUT2D eigenvalue weighted by Gasteiger charge is -2.29. The van der Waals surface area contributed by atoms with Crippen molar-refractivity contribution < 1.29 is 9.90 Å². The van der Waals surface area contributed by atoms with E-state index in [1.165, 1.54) is 0 Å². The third-order valence-electron chi connectivity index (χ3n) is 4.32. The van der Waals surface area contributed by atoms with Gasteiger partial charge >= 0.3 is 6.03 Å². The Balaban J connectivity index is 1.98. The molecule has 1 aromatic heterocycles. The van der Waals surface area contributed by atoms with Crippen LogP contribution in [0.3, 0.4) is 0 Å². The topological polar surface area (TPSA) is 74.2 Å². The van der Waals surface area contributed by atoms with Gasteiger partial charge in [0.15, 0.2) is 0 Å². The number of aromatic nitrogens is 1. The van der Waals surface area contributed by atoms with Crippen LogP contribution in [0.2, 0.25) is 0 Å². The van der Waals surface area contributed by atoms with Crippen LogP contribution in [-0.4, -0.2) is 28.3 Å². The molecule has 0 fully saturated rings. The van der Waals surface area contributed by atoms with Crippen LogP contribution in [0, 0.1) is 0 Å². The number of nitrogens with one attached hydrogen (secondary N) is 2. The van der Waals surface area contributed by atoms with Gasteiger partial charge in [0.25, 0.3) is 0 Å². The summed E-state index contributed by atoms with van der Waals surface area (Å²) in [6.45, 7) is 5.74. The Morgan fingerprint density at radius 3 is 2.52 bits per heavy atom. The molecule has 0 aliphatic heterocycles. The number of benzene rings is 1. The molecule has 1 aromatic carbocycles. The molecule has 0 aliphatic carbocycles. The molecule has 0 spiro atoms. The number of hydrogen-bond donors (Lipinski definition) is 3. The fraction of sp³-hybridized carbons (Fsp3) is 0.400. The summed E-state index contributed by atoms with van der Waals surface area (Å²) >= 11 is 0. The zero-order valence-electron chi connectivity index (χ0n) is 15.1. The maximum atomic E-state index is 12.2. The Bertz CT molecular complexity index is 673. The van der Waals surface area contributed by atoms with E-state index < -0.39 is 5.54 Å². The van der Waals surface area contributed by atoms with E-state index in [9.17, 15) is 9.90 Å². The molecule has 1 heterocycles. The summed E-state index contributed by atoms with van der Waals surface area (Å²) in [5, 5.41) is 15.3. The van der Waals surface area contributed by atoms with Gasteiger partial charge in [-0.25, -0.2) is 4.79 Å². The summed E-state index contributed by atoms with van der Waals surface area (Å²) in [5.74, 6) is 0. The molecule has 0 bridgehead atoms. The van der Waals surface area contributed by atoms with E-state index in [-0.39, 0.29) is 18.7 Å². The molecule has 3 N–H and O–H groups in total. The van der Waals surface area contributed by atoms with E-state index in [1.807, 2.05) is 63.4 Å². The van der Waals surface area contributed by atoms with Gasteiger partial charge in [0.1, 0.15) is 0 Å². The van der Waals surface area contributed by atoms with Gasteiger partial charge in [-0.15, -0.1) is 0 Å². The Labute approximate surface area is 149 Å². The van der Waals surface area contributed by atoms with E-state index in [0.29, 0.717) is 0 Å². The zero-order valence-corrected chi connectivity index (χ0v) is 15.1. The predicted molar refractivity (Wildman–Crippen MR) is 100 cm³/mol. The van der Waals surface area contributed by atoms with Gasteiger partial charge in [-0.3, -0.25) is 4.98 Å². The lowest BCUT2D eigenvalue weighted by molar-refractivity contribution is 0.162. The standard InChI is InChI=1S/C20H27N3O2/c1-4-11-20(3,14-24)23-19(25)22-15(2)16-7-9-17(10-8-16)18-6-5-12-21-13-18/h5-10,12-13,15,24H,4,11,14H2,1-3H3,(H2,22,23,25). The van der Waals surface area contributed by atoms with Crippen molar-refractivity contribution in [1.29, 1.82) is 0 Å². The number of urea groups is 1. The molecular formula is C20H27N3O2. The molecule has 134 valence electrons. The number of nitrogens with zero attached hydrogens (tertiary/aromatic N) is 1. The van der Waals surface area contributed by atoms with Crippen LogP contribution in [0.25, 0.3) is 11.1 Å². The molecule has 2 rings (SSSR count). The van der Waals surface area contributed by atoms with Gasteiger partial charge in [-0.2, -0.15) is 0 Å². The number of aliphatic hydroxyl groups excluding tert-OH is 1. The molecule has 2 unspecified atom stereocenters. The van der Waals surface area contributed by atoms with Gasteiger partial charge in [0.05, 0.1) is 18.2 Å². The van der Waals surface area contributed by atoms with Crippen LogP contribution in [0.5, 0.6) is 0 Å². The lowest BCUT2D eigenvalue weighted by Crippen LogP contribution is -2.52. The number of aliphatic hydroxyl groups is 1. The smallest absolute Gasteiger partial charge is 0.315 e. The fourth-order valence-corrected chi connectivity index (χ4v) is 2.82. The normalized spacial score (nSPS) is 14.4. The van der Waals surface area contributed by atoms with Crippen LogP contribution in [-0.2, 0) is 0 Å². The second-order valence-corrected chi connectivity index (χ2v) is 6.65. The molecule has 2 atom stereocenters. The summed E-state index contributed by atoms with van der Waals surface area (Å²) in [7, 11) is 0. The summed E-state index contributed by atoms with van der Waals surface area (Å²) < 4.78 is 0. The second kappa shape index (κ2) is 8.62. The third kappa shape index (κ3) is 5.29. The Kier molecular flexibility index (Phi) is 6.53. The predicted octanol–water partition coefficient (Wildman–Crippen LogP) is 3.66. The minimum absolute atomic E-state index is 0.0809. The highest BCUT2D eigenvalue weighted by molar-refractivity contribution is 5.75. The number of pyridine rings is 1. The third-order valence-corrected chi connectivity index (χ3v) is 4.32. The summed E-state index contributed by atoms with van der Waals surface area (Å²) in [5.41, 5.74) is 2.57. The summed E-state index contributed by atoms with van der Waals surface area (Å²) in [6.07, 6.45) is 5.20. The van der Waals surface area contributed by atoms with Gasteiger partial charge in [-0.05, 0) is 43.0 Å². The largest absolute Gasteiger partial charge is 0.394 e. The molecule has 0 saturated heterocycles. The van der Waals surface area contributed by atoms with Crippen molar-refractivity contribution >= 4 is 6.03 Å². The lowest BCUT2D eigenvalue weighted by atomic mass is 9.97.